The number of hydrogen-bond donors (Lipinski definition) is 2. The van der Waals surface area contributed by atoms with Gasteiger partial charge in [-0.15, -0.1) is 0 Å². The van der Waals surface area contributed by atoms with E-state index in [9.17, 15) is 9.59 Å². The number of nitrogens with one attached hydrogen (secondary N) is 2. The maximum atomic E-state index is 14.6. The molecule has 242 valence electrons. The predicted molar refractivity (Wildman–Crippen MR) is 184 cm³/mol. The number of furan rings is 1. The number of aryl methyl sites for hydroxylation is 1. The fraction of sp³-hybridized carbons (Fsp3) is 0.459. The van der Waals surface area contributed by atoms with Crippen molar-refractivity contribution in [1.29, 1.82) is 0 Å². The molecule has 0 radical (unpaired) electrons. The lowest BCUT2D eigenvalue weighted by molar-refractivity contribution is -0.148. The normalized spacial score (nSPS) is 22.0. The minimum Gasteiger partial charge on any atom is -0.467 e. The number of fused-ring (bicyclic) bond motifs is 1. The Balaban J connectivity index is 1.16. The molecule has 3 fully saturated rings. The van der Waals surface area contributed by atoms with Crippen LogP contribution in [0.15, 0.2) is 71.3 Å². The number of anilines is 2. The van der Waals surface area contributed by atoms with Crippen LogP contribution in [0.2, 0.25) is 0 Å². The summed E-state index contributed by atoms with van der Waals surface area (Å²) in [4.78, 5) is 36.8. The first-order valence-corrected chi connectivity index (χ1v) is 17.7. The first-order valence-electron chi connectivity index (χ1n) is 16.5. The van der Waals surface area contributed by atoms with Crippen molar-refractivity contribution in [2.45, 2.75) is 58.0 Å². The molecular formula is C37H44N4O4S. The molecule has 0 spiro atoms. The maximum absolute atomic E-state index is 14.6. The van der Waals surface area contributed by atoms with Gasteiger partial charge in [-0.2, -0.15) is 11.8 Å². The highest BCUT2D eigenvalue weighted by Gasteiger charge is 2.60. The molecule has 2 aliphatic heterocycles. The van der Waals surface area contributed by atoms with E-state index >= 15 is 0 Å². The summed E-state index contributed by atoms with van der Waals surface area (Å²) in [6.45, 7) is 10.1. The van der Waals surface area contributed by atoms with E-state index in [1.54, 1.807) is 6.26 Å². The fourth-order valence-corrected chi connectivity index (χ4v) is 9.05. The zero-order chi connectivity index (χ0) is 31.9. The van der Waals surface area contributed by atoms with Gasteiger partial charge in [0.15, 0.2) is 0 Å². The number of carbonyl (C=O) groups is 2. The molecular weight excluding hydrogens is 596 g/mol. The molecule has 2 saturated heterocycles. The summed E-state index contributed by atoms with van der Waals surface area (Å²) in [6.07, 6.45) is 3.22. The first-order chi connectivity index (χ1) is 22.3. The zero-order valence-corrected chi connectivity index (χ0v) is 27.8. The highest BCUT2D eigenvalue weighted by Crippen LogP contribution is 2.67. The van der Waals surface area contributed by atoms with E-state index in [1.165, 1.54) is 16.6 Å². The van der Waals surface area contributed by atoms with Crippen molar-refractivity contribution >= 4 is 45.9 Å². The number of ether oxygens (including phenoxy) is 1. The smallest absolute Gasteiger partial charge is 0.250 e. The van der Waals surface area contributed by atoms with Crippen LogP contribution in [0.1, 0.15) is 56.0 Å². The van der Waals surface area contributed by atoms with Gasteiger partial charge in [0.2, 0.25) is 11.8 Å². The quantitative estimate of drug-likeness (QED) is 0.205. The molecule has 3 aliphatic rings. The van der Waals surface area contributed by atoms with Crippen LogP contribution in [0.4, 0.5) is 11.4 Å². The summed E-state index contributed by atoms with van der Waals surface area (Å²) >= 11 is 1.84. The van der Waals surface area contributed by atoms with Crippen molar-refractivity contribution in [2.24, 2.45) is 11.3 Å². The summed E-state index contributed by atoms with van der Waals surface area (Å²) in [7, 11) is 0. The Morgan fingerprint density at radius 1 is 1.02 bits per heavy atom. The molecule has 2 atom stereocenters. The number of carbonyl (C=O) groups excluding carboxylic acids is 2. The zero-order valence-electron chi connectivity index (χ0n) is 27.0. The van der Waals surface area contributed by atoms with E-state index in [0.29, 0.717) is 25.0 Å². The van der Waals surface area contributed by atoms with Gasteiger partial charge in [-0.1, -0.05) is 32.0 Å². The molecule has 0 unspecified atom stereocenters. The molecule has 1 saturated carbocycles. The fourth-order valence-electron chi connectivity index (χ4n) is 7.89. The number of amides is 2. The van der Waals surface area contributed by atoms with Crippen LogP contribution in [0.5, 0.6) is 0 Å². The van der Waals surface area contributed by atoms with Crippen LogP contribution in [0.3, 0.4) is 0 Å². The Hall–Kier alpha value is -3.69. The number of nitrogens with zero attached hydrogens (tertiary/aromatic N) is 2. The van der Waals surface area contributed by atoms with Crippen molar-refractivity contribution in [2.75, 3.05) is 48.0 Å². The molecule has 2 N–H and O–H groups in total. The Morgan fingerprint density at radius 2 is 1.76 bits per heavy atom. The molecule has 2 aromatic carbocycles. The minimum absolute atomic E-state index is 0.0131. The predicted octanol–water partition coefficient (Wildman–Crippen LogP) is 6.97. The SMILES string of the molecule is Cc1[nH]c2ccccc2c1[C@@H]1[C@@H](CC(=O)N(Cc2ccco2)C2(C(=O)Nc3ccc(N4CCOCC4)cc3)CCSCC2)C1(C)C. The van der Waals surface area contributed by atoms with Crippen molar-refractivity contribution < 1.29 is 18.7 Å². The van der Waals surface area contributed by atoms with Gasteiger partial charge in [0.05, 0.1) is 26.0 Å². The van der Waals surface area contributed by atoms with Gasteiger partial charge in [-0.05, 0) is 96.5 Å². The van der Waals surface area contributed by atoms with Crippen molar-refractivity contribution in [3.8, 4) is 0 Å². The molecule has 8 nitrogen and oxygen atoms in total. The van der Waals surface area contributed by atoms with Crippen LogP contribution in [-0.4, -0.2) is 65.0 Å². The summed E-state index contributed by atoms with van der Waals surface area (Å²) in [5.74, 6) is 2.64. The average Bonchev–Trinajstić information content (AvgIpc) is 3.43. The lowest BCUT2D eigenvalue weighted by Gasteiger charge is -2.44. The maximum Gasteiger partial charge on any atom is 0.250 e. The number of aromatic amines is 1. The number of para-hydroxylation sites is 1. The third kappa shape index (κ3) is 5.72. The molecule has 0 bridgehead atoms. The highest BCUT2D eigenvalue weighted by molar-refractivity contribution is 7.99. The molecule has 46 heavy (non-hydrogen) atoms. The van der Waals surface area contributed by atoms with E-state index < -0.39 is 5.54 Å². The van der Waals surface area contributed by atoms with Crippen LogP contribution >= 0.6 is 11.8 Å². The number of hydrogen-bond acceptors (Lipinski definition) is 6. The van der Waals surface area contributed by atoms with Crippen LogP contribution in [0, 0.1) is 18.3 Å². The third-order valence-corrected chi connectivity index (χ3v) is 11.6. The van der Waals surface area contributed by atoms with E-state index in [4.69, 9.17) is 9.15 Å². The second-order valence-corrected chi connectivity index (χ2v) is 14.8. The standard InChI is InChI=1S/C37H44N4O4S/c1-25-33(29-8-4-5-9-31(29)38-25)34-30(36(34,2)3)23-32(42)41(24-28-7-6-18-45-28)37(14-21-46-22-15-37)35(43)39-26-10-12-27(13-11-26)40-16-19-44-20-17-40/h4-13,18,30,34,38H,14-17,19-24H2,1-3H3,(H,39,43)/t30-,34+/m1/s1. The van der Waals surface area contributed by atoms with Gasteiger partial charge in [-0.3, -0.25) is 9.59 Å². The molecule has 4 aromatic rings. The lowest BCUT2D eigenvalue weighted by Crippen LogP contribution is -2.60. The second-order valence-electron chi connectivity index (χ2n) is 13.6. The number of morpholine rings is 1. The van der Waals surface area contributed by atoms with Gasteiger partial charge >= 0.3 is 0 Å². The Kier molecular flexibility index (Phi) is 8.40. The van der Waals surface area contributed by atoms with Gasteiger partial charge < -0.3 is 29.3 Å². The van der Waals surface area contributed by atoms with Crippen LogP contribution < -0.4 is 10.2 Å². The number of thioether (sulfide) groups is 1. The van der Waals surface area contributed by atoms with E-state index in [1.807, 2.05) is 40.9 Å². The molecule has 1 aliphatic carbocycles. The van der Waals surface area contributed by atoms with Crippen LogP contribution in [-0.2, 0) is 20.9 Å². The number of H-pyrrole nitrogens is 1. The van der Waals surface area contributed by atoms with Crippen molar-refractivity contribution in [1.82, 2.24) is 9.88 Å². The topological polar surface area (TPSA) is 90.8 Å². The molecule has 2 aromatic heterocycles. The largest absolute Gasteiger partial charge is 0.467 e. The molecule has 9 heteroatoms. The third-order valence-electron chi connectivity index (χ3n) is 10.7. The number of rotatable bonds is 9. The van der Waals surface area contributed by atoms with E-state index in [0.717, 1.165) is 54.7 Å². The highest BCUT2D eigenvalue weighted by atomic mass is 32.2. The van der Waals surface area contributed by atoms with Crippen LogP contribution in [0.25, 0.3) is 10.9 Å². The summed E-state index contributed by atoms with van der Waals surface area (Å²) in [6, 6.07) is 20.2. The van der Waals surface area contributed by atoms with Gasteiger partial charge in [-0.25, -0.2) is 0 Å². The molecule has 7 rings (SSSR count). The summed E-state index contributed by atoms with van der Waals surface area (Å²) in [5.41, 5.74) is 4.47. The molecule has 2 amide bonds. The summed E-state index contributed by atoms with van der Waals surface area (Å²) in [5, 5.41) is 4.46. The Labute approximate surface area is 275 Å². The van der Waals surface area contributed by atoms with E-state index in [-0.39, 0.29) is 35.6 Å². The lowest BCUT2D eigenvalue weighted by atomic mass is 9.87. The average molecular weight is 641 g/mol. The minimum atomic E-state index is -0.969. The monoisotopic (exact) mass is 640 g/mol. The summed E-state index contributed by atoms with van der Waals surface area (Å²) < 4.78 is 11.3. The molecule has 4 heterocycles. The second kappa shape index (κ2) is 12.5. The first kappa shape index (κ1) is 30.9. The van der Waals surface area contributed by atoms with Gasteiger partial charge in [0.1, 0.15) is 11.3 Å². The number of benzene rings is 2. The van der Waals surface area contributed by atoms with Gasteiger partial charge in [0.25, 0.3) is 0 Å². The Bertz CT molecular complexity index is 1680. The van der Waals surface area contributed by atoms with Gasteiger partial charge in [0, 0.05) is 47.5 Å². The number of aromatic nitrogens is 1. The van der Waals surface area contributed by atoms with E-state index in [2.05, 4.69) is 72.4 Å². The van der Waals surface area contributed by atoms with Crippen molar-refractivity contribution in [3.63, 3.8) is 0 Å². The Morgan fingerprint density at radius 3 is 2.48 bits per heavy atom. The van der Waals surface area contributed by atoms with Crippen molar-refractivity contribution in [3.05, 3.63) is 83.9 Å².